The number of carbonyl (C=O) groups is 2. The van der Waals surface area contributed by atoms with Gasteiger partial charge in [0.2, 0.25) is 11.0 Å². The van der Waals surface area contributed by atoms with Gasteiger partial charge in [-0.2, -0.15) is 0 Å². The molecule has 3 heterocycles. The molecular formula is C15H14BrN7O4S3. The van der Waals surface area contributed by atoms with Gasteiger partial charge in [0.1, 0.15) is 0 Å². The molecule has 2 amide bonds. The summed E-state index contributed by atoms with van der Waals surface area (Å²) in [6.45, 7) is 1.99. The van der Waals surface area contributed by atoms with E-state index < -0.39 is 11.5 Å². The lowest BCUT2D eigenvalue weighted by atomic mass is 10.4. The highest BCUT2D eigenvalue weighted by Crippen LogP contribution is 2.25. The minimum absolute atomic E-state index is 0.00651. The predicted molar refractivity (Wildman–Crippen MR) is 119 cm³/mol. The minimum Gasteiger partial charge on any atom is -0.444 e. The number of hydrogen-bond donors (Lipinski definition) is 4. The number of amides is 2. The number of nitrogens with one attached hydrogen (secondary N) is 3. The minimum atomic E-state index is -0.658. The average molecular weight is 532 g/mol. The van der Waals surface area contributed by atoms with Crippen LogP contribution >= 0.6 is 50.8 Å². The van der Waals surface area contributed by atoms with E-state index in [4.69, 9.17) is 10.2 Å². The van der Waals surface area contributed by atoms with Crippen molar-refractivity contribution in [2.24, 2.45) is 0 Å². The summed E-state index contributed by atoms with van der Waals surface area (Å²) in [4.78, 5) is 42.9. The highest BCUT2D eigenvalue weighted by atomic mass is 79.9. The van der Waals surface area contributed by atoms with Crippen LogP contribution in [0.5, 0.6) is 0 Å². The van der Waals surface area contributed by atoms with Crippen LogP contribution in [-0.4, -0.2) is 43.5 Å². The molecule has 0 radical (unpaired) electrons. The number of thioether (sulfide) groups is 2. The number of anilines is 3. The monoisotopic (exact) mass is 531 g/mol. The fourth-order valence-corrected chi connectivity index (χ4v) is 4.64. The zero-order chi connectivity index (χ0) is 21.7. The third-order valence-corrected chi connectivity index (χ3v) is 6.38. The smallest absolute Gasteiger partial charge is 0.291 e. The molecule has 0 saturated carbocycles. The first kappa shape index (κ1) is 22.3. The molecule has 0 aliphatic rings. The normalized spacial score (nSPS) is 10.7. The lowest BCUT2D eigenvalue weighted by Crippen LogP contribution is -2.23. The van der Waals surface area contributed by atoms with Gasteiger partial charge in [-0.1, -0.05) is 41.8 Å². The Labute approximate surface area is 190 Å². The van der Waals surface area contributed by atoms with Crippen LogP contribution in [0, 0.1) is 0 Å². The highest BCUT2D eigenvalue weighted by Gasteiger charge is 2.17. The van der Waals surface area contributed by atoms with E-state index >= 15 is 0 Å². The summed E-state index contributed by atoms with van der Waals surface area (Å²) in [6, 6.07) is 2.97. The number of carbonyl (C=O) groups excluding carboxylic acids is 2. The Morgan fingerprint density at radius 2 is 2.10 bits per heavy atom. The summed E-state index contributed by atoms with van der Waals surface area (Å²) in [5, 5.41) is 13.3. The van der Waals surface area contributed by atoms with Gasteiger partial charge in [0.25, 0.3) is 11.5 Å². The second-order valence-electron chi connectivity index (χ2n) is 5.33. The summed E-state index contributed by atoms with van der Waals surface area (Å²) in [6.07, 6.45) is 0. The van der Waals surface area contributed by atoms with E-state index in [1.165, 1.54) is 35.2 Å². The van der Waals surface area contributed by atoms with Crippen molar-refractivity contribution in [3.63, 3.8) is 0 Å². The molecule has 5 N–H and O–H groups in total. The number of aromatic nitrogens is 4. The highest BCUT2D eigenvalue weighted by molar-refractivity contribution is 9.10. The predicted octanol–water partition coefficient (Wildman–Crippen LogP) is 2.65. The summed E-state index contributed by atoms with van der Waals surface area (Å²) in [7, 11) is 0. The van der Waals surface area contributed by atoms with Crippen molar-refractivity contribution < 1.29 is 14.0 Å². The Kier molecular flexibility index (Phi) is 7.52. The number of H-pyrrole nitrogens is 1. The van der Waals surface area contributed by atoms with Gasteiger partial charge >= 0.3 is 0 Å². The summed E-state index contributed by atoms with van der Waals surface area (Å²) in [5.74, 6) is -0.374. The zero-order valence-electron chi connectivity index (χ0n) is 15.2. The molecular weight excluding hydrogens is 518 g/mol. The van der Waals surface area contributed by atoms with E-state index in [1.807, 2.05) is 6.92 Å². The number of halogens is 1. The van der Waals surface area contributed by atoms with Gasteiger partial charge in [0.05, 0.1) is 5.75 Å². The Morgan fingerprint density at radius 3 is 2.77 bits per heavy atom. The van der Waals surface area contributed by atoms with Gasteiger partial charge in [-0.3, -0.25) is 24.7 Å². The van der Waals surface area contributed by atoms with Crippen LogP contribution in [0.15, 0.2) is 35.5 Å². The number of furan rings is 1. The van der Waals surface area contributed by atoms with Crippen LogP contribution in [0.1, 0.15) is 17.5 Å². The van der Waals surface area contributed by atoms with Gasteiger partial charge in [-0.05, 0) is 33.8 Å². The average Bonchev–Trinajstić information content (AvgIpc) is 3.32. The number of hydrogen-bond acceptors (Lipinski definition) is 11. The fraction of sp³-hybridized carbons (Fsp3) is 0.200. The molecule has 0 unspecified atom stereocenters. The second-order valence-corrected chi connectivity index (χ2v) is 9.57. The molecule has 0 bridgehead atoms. The molecule has 0 fully saturated rings. The topological polar surface area (TPSA) is 169 Å². The molecule has 30 heavy (non-hydrogen) atoms. The molecule has 3 aromatic heterocycles. The molecule has 0 atom stereocenters. The number of aromatic amines is 1. The lowest BCUT2D eigenvalue weighted by Gasteiger charge is -2.07. The van der Waals surface area contributed by atoms with Crippen molar-refractivity contribution in [2.45, 2.75) is 16.4 Å². The van der Waals surface area contributed by atoms with Crippen LogP contribution in [0.2, 0.25) is 0 Å². The van der Waals surface area contributed by atoms with Gasteiger partial charge in [-0.15, -0.1) is 10.2 Å². The third kappa shape index (κ3) is 5.84. The zero-order valence-corrected chi connectivity index (χ0v) is 19.3. The Morgan fingerprint density at radius 1 is 1.30 bits per heavy atom. The number of rotatable bonds is 8. The van der Waals surface area contributed by atoms with Gasteiger partial charge < -0.3 is 15.5 Å². The lowest BCUT2D eigenvalue weighted by molar-refractivity contribution is -0.113. The molecule has 0 spiro atoms. The SMILES string of the molecule is CCSc1nnc(NC(=O)CSc2nc(N)c(NC(=O)c3ccc(Br)o3)c(=O)[nH]2)s1. The fourth-order valence-electron chi connectivity index (χ4n) is 2.00. The number of nitrogen functional groups attached to an aromatic ring is 1. The Bertz CT molecular complexity index is 1130. The molecule has 0 aliphatic heterocycles. The van der Waals surface area contributed by atoms with E-state index in [0.29, 0.717) is 9.80 Å². The molecule has 3 aromatic rings. The first-order valence-electron chi connectivity index (χ1n) is 8.21. The first-order chi connectivity index (χ1) is 14.4. The van der Waals surface area contributed by atoms with Crippen LogP contribution in [0.3, 0.4) is 0 Å². The summed E-state index contributed by atoms with van der Waals surface area (Å²) >= 11 is 6.87. The molecule has 3 rings (SSSR count). The van der Waals surface area contributed by atoms with Gasteiger partial charge in [0, 0.05) is 0 Å². The van der Waals surface area contributed by atoms with Gasteiger partial charge in [-0.25, -0.2) is 4.98 Å². The van der Waals surface area contributed by atoms with E-state index in [9.17, 15) is 14.4 Å². The van der Waals surface area contributed by atoms with Crippen LogP contribution in [0.25, 0.3) is 0 Å². The Hall–Kier alpha value is -2.36. The van der Waals surface area contributed by atoms with E-state index in [0.717, 1.165) is 21.9 Å². The summed E-state index contributed by atoms with van der Waals surface area (Å²) < 4.78 is 6.25. The standard InChI is InChI=1S/C15H14BrN7O4S3/c1-2-28-15-23-22-14(30-15)18-8(24)5-29-13-20-10(17)9(12(26)21-13)19-11(25)6-3-4-7(16)27-6/h3-4H,2,5H2,1H3,(H,19,25)(H,18,22,24)(H3,17,20,21,26). The maximum Gasteiger partial charge on any atom is 0.291 e. The number of nitrogens with zero attached hydrogens (tertiary/aromatic N) is 3. The maximum absolute atomic E-state index is 12.3. The maximum atomic E-state index is 12.3. The van der Waals surface area contributed by atoms with Crippen molar-refractivity contribution >= 4 is 79.2 Å². The van der Waals surface area contributed by atoms with Crippen molar-refractivity contribution in [1.29, 1.82) is 0 Å². The van der Waals surface area contributed by atoms with Crippen LogP contribution in [0.4, 0.5) is 16.6 Å². The summed E-state index contributed by atoms with van der Waals surface area (Å²) in [5.41, 5.74) is 4.93. The van der Waals surface area contributed by atoms with Crippen molar-refractivity contribution in [1.82, 2.24) is 20.2 Å². The molecule has 0 aromatic carbocycles. The van der Waals surface area contributed by atoms with Crippen LogP contribution < -0.4 is 21.9 Å². The van der Waals surface area contributed by atoms with Crippen molar-refractivity contribution in [3.05, 3.63) is 32.9 Å². The van der Waals surface area contributed by atoms with Crippen molar-refractivity contribution in [2.75, 3.05) is 27.9 Å². The quantitative estimate of drug-likeness (QED) is 0.192. The molecule has 0 aliphatic carbocycles. The third-order valence-electron chi connectivity index (χ3n) is 3.22. The van der Waals surface area contributed by atoms with Crippen molar-refractivity contribution in [3.8, 4) is 0 Å². The van der Waals surface area contributed by atoms with Crippen LogP contribution in [-0.2, 0) is 4.79 Å². The molecule has 15 heteroatoms. The molecule has 11 nitrogen and oxygen atoms in total. The molecule has 158 valence electrons. The van der Waals surface area contributed by atoms with E-state index in [1.54, 1.807) is 0 Å². The largest absolute Gasteiger partial charge is 0.444 e. The number of nitrogens with two attached hydrogens (primary N) is 1. The first-order valence-corrected chi connectivity index (χ1v) is 11.8. The molecule has 0 saturated heterocycles. The second kappa shape index (κ2) is 10.1. The Balaban J connectivity index is 1.59. The van der Waals surface area contributed by atoms with Gasteiger partial charge in [0.15, 0.2) is 31.4 Å². The van der Waals surface area contributed by atoms with E-state index in [-0.39, 0.29) is 34.1 Å². The van der Waals surface area contributed by atoms with E-state index in [2.05, 4.69) is 46.7 Å².